The molecule has 104 valence electrons. The second-order valence-electron chi connectivity index (χ2n) is 4.41. The maximum absolute atomic E-state index is 12.0. The molecular weight excluding hydrogens is 304 g/mol. The summed E-state index contributed by atoms with van der Waals surface area (Å²) < 4.78 is 0.866. The minimum Gasteiger partial charge on any atom is -0.287 e. The lowest BCUT2D eigenvalue weighted by Crippen LogP contribution is -2.06. The lowest BCUT2D eigenvalue weighted by molar-refractivity contribution is -0.110. The van der Waals surface area contributed by atoms with Crippen molar-refractivity contribution in [2.45, 2.75) is 6.42 Å². The van der Waals surface area contributed by atoms with E-state index >= 15 is 0 Å². The Hall–Kier alpha value is -2.05. The van der Waals surface area contributed by atoms with E-state index in [1.54, 1.807) is 24.3 Å². The number of pyridine rings is 1. The van der Waals surface area contributed by atoms with Gasteiger partial charge in [-0.15, -0.1) is 24.0 Å². The van der Waals surface area contributed by atoms with E-state index < -0.39 is 0 Å². The molecule has 6 heteroatoms. The monoisotopic (exact) mass is 314 g/mol. The summed E-state index contributed by atoms with van der Waals surface area (Å²) in [6.45, 7) is 0. The lowest BCUT2D eigenvalue weighted by atomic mass is 10.2. The molecule has 0 unspecified atom stereocenters. The molecule has 0 amide bonds. The fourth-order valence-corrected chi connectivity index (χ4v) is 3.10. The molecule has 3 aromatic rings. The molecule has 0 aliphatic carbocycles. The number of thiol groups is 1. The van der Waals surface area contributed by atoms with Crippen molar-refractivity contribution in [3.63, 3.8) is 0 Å². The smallest absolute Gasteiger partial charge is 0.279 e. The fourth-order valence-electron chi connectivity index (χ4n) is 1.97. The van der Waals surface area contributed by atoms with E-state index in [1.807, 2.05) is 18.2 Å². The average Bonchev–Trinajstić information content (AvgIpc) is 2.47. The molecule has 1 aromatic carbocycles. The zero-order valence-electron chi connectivity index (χ0n) is 10.8. The summed E-state index contributed by atoms with van der Waals surface area (Å²) >= 11 is 5.16. The third-order valence-corrected chi connectivity index (χ3v) is 4.11. The van der Waals surface area contributed by atoms with Crippen molar-refractivity contribution >= 4 is 39.2 Å². The number of benzene rings is 1. The quantitative estimate of drug-likeness (QED) is 0.755. The Morgan fingerprint density at radius 1 is 1.10 bits per heavy atom. The van der Waals surface area contributed by atoms with Gasteiger partial charge in [0.25, 0.3) is 5.56 Å². The van der Waals surface area contributed by atoms with Crippen LogP contribution in [0.15, 0.2) is 47.3 Å². The van der Waals surface area contributed by atoms with Gasteiger partial charge >= 0.3 is 0 Å². The Bertz CT molecular complexity index is 890. The van der Waals surface area contributed by atoms with Crippen LogP contribution in [0.4, 0.5) is 0 Å². The van der Waals surface area contributed by atoms with Gasteiger partial charge in [-0.25, -0.2) is 4.98 Å². The number of aromatic nitrogens is 2. The van der Waals surface area contributed by atoms with Crippen LogP contribution < -0.4 is 5.56 Å². The van der Waals surface area contributed by atoms with Crippen LogP contribution in [0.2, 0.25) is 0 Å². The Morgan fingerprint density at radius 3 is 2.71 bits per heavy atom. The normalized spacial score (nSPS) is 10.7. The lowest BCUT2D eigenvalue weighted by Gasteiger charge is -2.03. The molecular formula is C15H10N2O2S2. The Labute approximate surface area is 129 Å². The average molecular weight is 314 g/mol. The van der Waals surface area contributed by atoms with Crippen LogP contribution in [0.3, 0.4) is 0 Å². The van der Waals surface area contributed by atoms with Crippen LogP contribution >= 0.6 is 24.0 Å². The van der Waals surface area contributed by atoms with Crippen LogP contribution in [0.5, 0.6) is 0 Å². The first kappa shape index (κ1) is 13.9. The number of fused-ring (bicyclic) bond motifs is 1. The van der Waals surface area contributed by atoms with Gasteiger partial charge in [-0.05, 0) is 24.3 Å². The Balaban J connectivity index is 2.12. The molecule has 0 N–H and O–H groups in total. The maximum atomic E-state index is 12.0. The van der Waals surface area contributed by atoms with Crippen molar-refractivity contribution in [2.75, 3.05) is 0 Å². The zero-order valence-corrected chi connectivity index (χ0v) is 12.5. The van der Waals surface area contributed by atoms with Gasteiger partial charge in [0.05, 0.1) is 17.5 Å². The second-order valence-corrected chi connectivity index (χ2v) is 5.93. The number of hydrogen-bond acceptors (Lipinski definition) is 5. The molecule has 2 aromatic heterocycles. The molecule has 0 spiro atoms. The largest absolute Gasteiger partial charge is 0.287 e. The summed E-state index contributed by atoms with van der Waals surface area (Å²) in [5, 5.41) is 0.902. The summed E-state index contributed by atoms with van der Waals surface area (Å²) in [6, 6.07) is 12.7. The van der Waals surface area contributed by atoms with Crippen LogP contribution in [0.1, 0.15) is 5.69 Å². The van der Waals surface area contributed by atoms with E-state index in [2.05, 4.69) is 22.6 Å². The molecule has 2 heterocycles. The highest BCUT2D eigenvalue weighted by molar-refractivity contribution is 7.96. The molecule has 3 rings (SSSR count). The molecule has 0 aliphatic heterocycles. The molecule has 0 aliphatic rings. The third-order valence-electron chi connectivity index (χ3n) is 2.89. The SMILES string of the molecule is O=C(S)Cc1cccc(-c2nc(=O)c3ccccc3s2)n1. The molecule has 21 heavy (non-hydrogen) atoms. The van der Waals surface area contributed by atoms with Gasteiger partial charge in [-0.2, -0.15) is 4.98 Å². The standard InChI is InChI=1S/C15H10N2O2S2/c18-13(20)8-9-4-3-6-11(16-9)15-17-14(19)10-5-1-2-7-12(10)21-15/h1-7H,8H2,(H,18,20). The van der Waals surface area contributed by atoms with Crippen molar-refractivity contribution in [3.8, 4) is 10.7 Å². The van der Waals surface area contributed by atoms with Crippen molar-refractivity contribution in [1.82, 2.24) is 9.97 Å². The van der Waals surface area contributed by atoms with Crippen molar-refractivity contribution in [1.29, 1.82) is 0 Å². The molecule has 0 fully saturated rings. The molecule has 0 saturated heterocycles. The van der Waals surface area contributed by atoms with Gasteiger partial charge in [0.1, 0.15) is 5.01 Å². The molecule has 0 saturated carbocycles. The number of nitrogens with zero attached hydrogens (tertiary/aromatic N) is 2. The molecule has 0 radical (unpaired) electrons. The number of carbonyl (C=O) groups is 1. The summed E-state index contributed by atoms with van der Waals surface area (Å²) in [5.41, 5.74) is 0.939. The predicted molar refractivity (Wildman–Crippen MR) is 86.8 cm³/mol. The highest BCUT2D eigenvalue weighted by Crippen LogP contribution is 2.24. The van der Waals surface area contributed by atoms with E-state index in [0.29, 0.717) is 21.8 Å². The van der Waals surface area contributed by atoms with E-state index in [-0.39, 0.29) is 17.1 Å². The minimum absolute atomic E-state index is 0.152. The number of rotatable bonds is 3. The number of carbonyl (C=O) groups excluding carboxylic acids is 1. The van der Waals surface area contributed by atoms with Gasteiger partial charge in [0, 0.05) is 10.4 Å². The van der Waals surface area contributed by atoms with E-state index in [1.165, 1.54) is 11.3 Å². The first-order chi connectivity index (χ1) is 10.1. The van der Waals surface area contributed by atoms with Gasteiger partial charge in [0.2, 0.25) is 0 Å². The number of hydrogen-bond donors (Lipinski definition) is 1. The second kappa shape index (κ2) is 5.75. The van der Waals surface area contributed by atoms with Crippen LogP contribution in [0.25, 0.3) is 20.8 Å². The third kappa shape index (κ3) is 3.01. The fraction of sp³-hybridized carbons (Fsp3) is 0.0667. The summed E-state index contributed by atoms with van der Waals surface area (Å²) in [4.78, 5) is 31.5. The van der Waals surface area contributed by atoms with E-state index in [0.717, 1.165) is 4.70 Å². The summed E-state index contributed by atoms with van der Waals surface area (Å²) in [6.07, 6.45) is 0.152. The Morgan fingerprint density at radius 2 is 1.90 bits per heavy atom. The van der Waals surface area contributed by atoms with Crippen LogP contribution in [-0.2, 0) is 11.2 Å². The highest BCUT2D eigenvalue weighted by atomic mass is 32.1. The summed E-state index contributed by atoms with van der Waals surface area (Å²) in [7, 11) is 0. The zero-order chi connectivity index (χ0) is 14.8. The van der Waals surface area contributed by atoms with Crippen LogP contribution in [0, 0.1) is 0 Å². The molecule has 4 nitrogen and oxygen atoms in total. The van der Waals surface area contributed by atoms with Gasteiger partial charge in [-0.3, -0.25) is 9.59 Å². The van der Waals surface area contributed by atoms with E-state index in [9.17, 15) is 9.59 Å². The highest BCUT2D eigenvalue weighted by Gasteiger charge is 2.09. The van der Waals surface area contributed by atoms with Crippen molar-refractivity contribution in [3.05, 3.63) is 58.5 Å². The van der Waals surface area contributed by atoms with Crippen molar-refractivity contribution in [2.24, 2.45) is 0 Å². The van der Waals surface area contributed by atoms with Crippen LogP contribution in [-0.4, -0.2) is 15.1 Å². The summed E-state index contributed by atoms with van der Waals surface area (Å²) in [5.74, 6) is 0. The van der Waals surface area contributed by atoms with E-state index in [4.69, 9.17) is 0 Å². The van der Waals surface area contributed by atoms with Gasteiger partial charge in [0.15, 0.2) is 5.12 Å². The minimum atomic E-state index is -0.267. The first-order valence-corrected chi connectivity index (χ1v) is 7.48. The van der Waals surface area contributed by atoms with Gasteiger partial charge in [-0.1, -0.05) is 18.2 Å². The topological polar surface area (TPSA) is 59.9 Å². The molecule has 0 atom stereocenters. The predicted octanol–water partition coefficient (Wildman–Crippen LogP) is 2.72. The van der Waals surface area contributed by atoms with Gasteiger partial charge < -0.3 is 0 Å². The first-order valence-electron chi connectivity index (χ1n) is 6.21. The maximum Gasteiger partial charge on any atom is 0.279 e. The molecule has 0 bridgehead atoms. The Kier molecular flexibility index (Phi) is 3.81. The van der Waals surface area contributed by atoms with Crippen molar-refractivity contribution < 1.29 is 4.79 Å².